The normalized spacial score (nSPS) is 20.0. The fourth-order valence-corrected chi connectivity index (χ4v) is 4.93. The molecule has 7 heteroatoms. The number of ether oxygens (including phenoxy) is 1. The van der Waals surface area contributed by atoms with Crippen LogP contribution in [0.3, 0.4) is 0 Å². The Morgan fingerprint density at radius 2 is 1.86 bits per heavy atom. The lowest BCUT2D eigenvalue weighted by Gasteiger charge is -2.13. The number of thiophene rings is 1. The number of amides is 1. The van der Waals surface area contributed by atoms with Gasteiger partial charge in [0.15, 0.2) is 0 Å². The van der Waals surface area contributed by atoms with Crippen LogP contribution in [0.15, 0.2) is 18.2 Å². The first kappa shape index (κ1) is 21.2. The number of hydrogen-bond donors (Lipinski definition) is 1. The van der Waals surface area contributed by atoms with Gasteiger partial charge in [0.1, 0.15) is 14.9 Å². The van der Waals surface area contributed by atoms with Gasteiger partial charge >= 0.3 is 5.97 Å². The van der Waals surface area contributed by atoms with Crippen molar-refractivity contribution in [2.75, 3.05) is 11.9 Å². The summed E-state index contributed by atoms with van der Waals surface area (Å²) in [6, 6.07) is 6.05. The fourth-order valence-electron chi connectivity index (χ4n) is 3.16. The highest BCUT2D eigenvalue weighted by Crippen LogP contribution is 2.64. The molecule has 0 bridgehead atoms. The van der Waals surface area contributed by atoms with E-state index in [-0.39, 0.29) is 12.5 Å². The largest absolute Gasteiger partial charge is 0.462 e. The van der Waals surface area contributed by atoms with Crippen molar-refractivity contribution in [2.45, 2.75) is 45.4 Å². The van der Waals surface area contributed by atoms with Gasteiger partial charge in [-0.05, 0) is 57.7 Å². The lowest BCUT2D eigenvalue weighted by Crippen LogP contribution is -2.26. The van der Waals surface area contributed by atoms with Gasteiger partial charge in [0.2, 0.25) is 5.91 Å². The second kappa shape index (κ2) is 7.36. The molecule has 1 atom stereocenters. The summed E-state index contributed by atoms with van der Waals surface area (Å²) < 4.78 is 4.21. The second-order valence-electron chi connectivity index (χ2n) is 7.42. The summed E-state index contributed by atoms with van der Waals surface area (Å²) in [4.78, 5) is 26.5. The molecule has 4 nitrogen and oxygen atoms in total. The quantitative estimate of drug-likeness (QED) is 0.456. The molecule has 2 aromatic rings. The average Bonchev–Trinajstić information content (AvgIpc) is 2.96. The predicted octanol–water partition coefficient (Wildman–Crippen LogP) is 6.04. The van der Waals surface area contributed by atoms with Crippen LogP contribution in [0.25, 0.3) is 11.1 Å². The number of carbonyl (C=O) groups is 2. The van der Waals surface area contributed by atoms with Crippen LogP contribution in [0, 0.1) is 26.2 Å². The molecule has 0 radical (unpaired) electrons. The third kappa shape index (κ3) is 3.56. The van der Waals surface area contributed by atoms with Crippen LogP contribution >= 0.6 is 34.5 Å². The van der Waals surface area contributed by atoms with E-state index in [4.69, 9.17) is 27.9 Å². The highest BCUT2D eigenvalue weighted by Gasteiger charge is 2.68. The molecule has 150 valence electrons. The molecular formula is C21H23Cl2NO3S. The molecule has 3 rings (SSSR count). The van der Waals surface area contributed by atoms with Crippen molar-refractivity contribution in [2.24, 2.45) is 5.41 Å². The van der Waals surface area contributed by atoms with Crippen LogP contribution in [-0.2, 0) is 9.53 Å². The molecule has 1 aliphatic rings. The van der Waals surface area contributed by atoms with E-state index >= 15 is 0 Å². The minimum atomic E-state index is -1.08. The van der Waals surface area contributed by atoms with Gasteiger partial charge in [0.25, 0.3) is 0 Å². The zero-order chi connectivity index (χ0) is 20.9. The van der Waals surface area contributed by atoms with Crippen LogP contribution in [0.5, 0.6) is 0 Å². The zero-order valence-corrected chi connectivity index (χ0v) is 18.9. The standard InChI is InChI=1S/C21H23Cl2NO3S/c1-6-27-18(25)16-15(14-8-7-11(2)12(3)9-14)13(4)28-17(16)24-19(26)20(5)10-21(20,22)23/h7-9H,6,10H2,1-5H3,(H,24,26). The lowest BCUT2D eigenvalue weighted by molar-refractivity contribution is -0.120. The molecule has 1 aromatic carbocycles. The van der Waals surface area contributed by atoms with Gasteiger partial charge in [-0.2, -0.15) is 0 Å². The van der Waals surface area contributed by atoms with Crippen LogP contribution in [0.1, 0.15) is 46.6 Å². The predicted molar refractivity (Wildman–Crippen MR) is 116 cm³/mol. The number of anilines is 1. The van der Waals surface area contributed by atoms with Gasteiger partial charge in [-0.25, -0.2) is 4.79 Å². The second-order valence-corrected chi connectivity index (χ2v) is 10.1. The molecule has 28 heavy (non-hydrogen) atoms. The minimum Gasteiger partial charge on any atom is -0.462 e. The third-order valence-electron chi connectivity index (χ3n) is 5.35. The molecule has 1 saturated carbocycles. The Morgan fingerprint density at radius 1 is 1.21 bits per heavy atom. The van der Waals surface area contributed by atoms with Crippen molar-refractivity contribution in [3.05, 3.63) is 39.8 Å². The van der Waals surface area contributed by atoms with E-state index < -0.39 is 15.7 Å². The number of benzene rings is 1. The molecule has 0 spiro atoms. The van der Waals surface area contributed by atoms with E-state index in [1.54, 1.807) is 13.8 Å². The van der Waals surface area contributed by atoms with E-state index in [9.17, 15) is 9.59 Å². The molecule has 1 aliphatic carbocycles. The number of esters is 1. The molecule has 1 unspecified atom stereocenters. The Bertz CT molecular complexity index is 967. The minimum absolute atomic E-state index is 0.248. The molecule has 1 N–H and O–H groups in total. The summed E-state index contributed by atoms with van der Waals surface area (Å²) in [5.74, 6) is -0.754. The molecule has 0 aliphatic heterocycles. The first-order valence-corrected chi connectivity index (χ1v) is 10.7. The van der Waals surface area contributed by atoms with Crippen LogP contribution < -0.4 is 5.32 Å². The van der Waals surface area contributed by atoms with E-state index in [0.717, 1.165) is 21.6 Å². The summed E-state index contributed by atoms with van der Waals surface area (Å²) in [5, 5.41) is 3.34. The molecule has 1 heterocycles. The first-order valence-electron chi connectivity index (χ1n) is 9.09. The third-order valence-corrected chi connectivity index (χ3v) is 7.47. The molecule has 1 aromatic heterocycles. The van der Waals surface area contributed by atoms with Gasteiger partial charge in [0.05, 0.1) is 12.0 Å². The number of aryl methyl sites for hydroxylation is 3. The Kier molecular flexibility index (Phi) is 5.56. The summed E-state index contributed by atoms with van der Waals surface area (Å²) in [5.41, 5.74) is 3.50. The van der Waals surface area contributed by atoms with Gasteiger partial charge in [-0.1, -0.05) is 18.2 Å². The van der Waals surface area contributed by atoms with E-state index in [0.29, 0.717) is 17.0 Å². The molecular weight excluding hydrogens is 417 g/mol. The zero-order valence-electron chi connectivity index (χ0n) is 16.5. The number of rotatable bonds is 5. The smallest absolute Gasteiger partial charge is 0.341 e. The molecule has 0 saturated heterocycles. The summed E-state index contributed by atoms with van der Waals surface area (Å²) >= 11 is 13.6. The monoisotopic (exact) mass is 439 g/mol. The van der Waals surface area contributed by atoms with Gasteiger partial charge in [0, 0.05) is 10.4 Å². The van der Waals surface area contributed by atoms with Gasteiger partial charge in [-0.3, -0.25) is 4.79 Å². The summed E-state index contributed by atoms with van der Waals surface area (Å²) in [6.45, 7) is 9.72. The van der Waals surface area contributed by atoms with Crippen LogP contribution in [0.4, 0.5) is 5.00 Å². The highest BCUT2D eigenvalue weighted by molar-refractivity contribution is 7.17. The molecule has 1 amide bonds. The number of halogens is 2. The Hall–Kier alpha value is -1.56. The maximum absolute atomic E-state index is 12.8. The van der Waals surface area contributed by atoms with Crippen molar-refractivity contribution in [1.82, 2.24) is 0 Å². The maximum Gasteiger partial charge on any atom is 0.341 e. The van der Waals surface area contributed by atoms with Crippen molar-refractivity contribution in [3.8, 4) is 11.1 Å². The Labute approximate surface area is 179 Å². The van der Waals surface area contributed by atoms with E-state index in [1.165, 1.54) is 16.9 Å². The number of hydrogen-bond acceptors (Lipinski definition) is 4. The topological polar surface area (TPSA) is 55.4 Å². The van der Waals surface area contributed by atoms with Gasteiger partial charge < -0.3 is 10.1 Å². The van der Waals surface area contributed by atoms with Crippen molar-refractivity contribution >= 4 is 51.4 Å². The highest BCUT2D eigenvalue weighted by atomic mass is 35.5. The van der Waals surface area contributed by atoms with E-state index in [1.807, 2.05) is 39.0 Å². The first-order chi connectivity index (χ1) is 13.0. The number of alkyl halides is 2. The van der Waals surface area contributed by atoms with Crippen molar-refractivity contribution in [3.63, 3.8) is 0 Å². The van der Waals surface area contributed by atoms with Crippen molar-refractivity contribution < 1.29 is 14.3 Å². The number of carbonyl (C=O) groups excluding carboxylic acids is 2. The van der Waals surface area contributed by atoms with E-state index in [2.05, 4.69) is 5.32 Å². The lowest BCUT2D eigenvalue weighted by atomic mass is 9.97. The van der Waals surface area contributed by atoms with Crippen molar-refractivity contribution in [1.29, 1.82) is 0 Å². The maximum atomic E-state index is 12.8. The average molecular weight is 440 g/mol. The van der Waals surface area contributed by atoms with Crippen LogP contribution in [-0.4, -0.2) is 22.8 Å². The number of nitrogens with one attached hydrogen (secondary N) is 1. The Morgan fingerprint density at radius 3 is 2.39 bits per heavy atom. The molecule has 1 fully saturated rings. The summed E-state index contributed by atoms with van der Waals surface area (Å²) in [6.07, 6.45) is 0.373. The SMILES string of the molecule is CCOC(=O)c1c(NC(=O)C2(C)CC2(Cl)Cl)sc(C)c1-c1ccc(C)c(C)c1. The summed E-state index contributed by atoms with van der Waals surface area (Å²) in [7, 11) is 0. The van der Waals surface area contributed by atoms with Gasteiger partial charge in [-0.15, -0.1) is 34.5 Å². The Balaban J connectivity index is 2.07. The fraction of sp³-hybridized carbons (Fsp3) is 0.429. The van der Waals surface area contributed by atoms with Crippen LogP contribution in [0.2, 0.25) is 0 Å².